The standard InChI is InChI=1S/C29H28ClN3O8/c1-15-13-32(29(38)31-27(15)36)25-12-23(34)24(41-25)14-40-26(35)11-20-16(2)33(22-9-8-19(39-3)10-21(20)22)28(37)17-4-6-18(30)7-5-17/h4-10,13,23-25,34H,11-12,14H2,1-3H3,(H,31,36,38)/t23-,24+,25+/m0/s1. The Morgan fingerprint density at radius 3 is 2.59 bits per heavy atom. The van der Waals surface area contributed by atoms with Gasteiger partial charge in [-0.2, -0.15) is 0 Å². The van der Waals surface area contributed by atoms with Gasteiger partial charge in [0.1, 0.15) is 24.7 Å². The molecule has 0 radical (unpaired) electrons. The van der Waals surface area contributed by atoms with Crippen molar-refractivity contribution in [3.63, 3.8) is 0 Å². The number of halogens is 1. The fraction of sp³-hybridized carbons (Fsp3) is 0.310. The largest absolute Gasteiger partial charge is 0.497 e. The Bertz CT molecular complexity index is 1750. The molecule has 0 aliphatic carbocycles. The van der Waals surface area contributed by atoms with E-state index in [0.717, 1.165) is 0 Å². The topological polar surface area (TPSA) is 142 Å². The molecule has 11 nitrogen and oxygen atoms in total. The lowest BCUT2D eigenvalue weighted by Crippen LogP contribution is -2.33. The molecule has 0 saturated carbocycles. The number of aromatic nitrogens is 3. The Hall–Kier alpha value is -4.19. The van der Waals surface area contributed by atoms with Gasteiger partial charge in [0.25, 0.3) is 11.5 Å². The minimum Gasteiger partial charge on any atom is -0.497 e. The molecule has 41 heavy (non-hydrogen) atoms. The van der Waals surface area contributed by atoms with E-state index in [2.05, 4.69) is 4.98 Å². The van der Waals surface area contributed by atoms with Crippen LogP contribution in [-0.2, 0) is 20.7 Å². The van der Waals surface area contributed by atoms with Gasteiger partial charge in [-0.3, -0.25) is 28.5 Å². The monoisotopic (exact) mass is 581 g/mol. The predicted octanol–water partition coefficient (Wildman–Crippen LogP) is 2.89. The average molecular weight is 582 g/mol. The summed E-state index contributed by atoms with van der Waals surface area (Å²) >= 11 is 5.99. The molecule has 214 valence electrons. The minimum absolute atomic E-state index is 0.0762. The lowest BCUT2D eigenvalue weighted by Gasteiger charge is -2.16. The van der Waals surface area contributed by atoms with E-state index in [-0.39, 0.29) is 25.4 Å². The van der Waals surface area contributed by atoms with Crippen LogP contribution in [0.3, 0.4) is 0 Å². The summed E-state index contributed by atoms with van der Waals surface area (Å²) < 4.78 is 19.4. The van der Waals surface area contributed by atoms with E-state index in [1.165, 1.54) is 17.9 Å². The molecule has 0 amide bonds. The normalized spacial score (nSPS) is 18.5. The van der Waals surface area contributed by atoms with Crippen LogP contribution in [0.2, 0.25) is 5.02 Å². The number of carbonyl (C=O) groups excluding carboxylic acids is 2. The lowest BCUT2D eigenvalue weighted by molar-refractivity contribution is -0.149. The third-order valence-electron chi connectivity index (χ3n) is 7.23. The first-order valence-electron chi connectivity index (χ1n) is 12.9. The van der Waals surface area contributed by atoms with E-state index >= 15 is 0 Å². The number of H-pyrrole nitrogens is 1. The number of aryl methyl sites for hydroxylation is 1. The number of aliphatic hydroxyl groups excluding tert-OH is 1. The van der Waals surface area contributed by atoms with Crippen molar-refractivity contribution in [2.45, 2.75) is 45.1 Å². The van der Waals surface area contributed by atoms with Gasteiger partial charge in [-0.1, -0.05) is 11.6 Å². The third-order valence-corrected chi connectivity index (χ3v) is 7.48. The van der Waals surface area contributed by atoms with E-state index in [4.69, 9.17) is 25.8 Å². The highest BCUT2D eigenvalue weighted by molar-refractivity contribution is 6.30. The summed E-state index contributed by atoms with van der Waals surface area (Å²) in [5.41, 5.74) is 1.34. The first kappa shape index (κ1) is 28.3. The third kappa shape index (κ3) is 5.56. The lowest BCUT2D eigenvalue weighted by atomic mass is 10.1. The summed E-state index contributed by atoms with van der Waals surface area (Å²) in [5, 5.41) is 11.7. The molecule has 1 aliphatic heterocycles. The Morgan fingerprint density at radius 2 is 1.88 bits per heavy atom. The zero-order valence-corrected chi connectivity index (χ0v) is 23.3. The number of aliphatic hydroxyl groups is 1. The van der Waals surface area contributed by atoms with Crippen LogP contribution in [0.1, 0.15) is 39.8 Å². The van der Waals surface area contributed by atoms with Crippen molar-refractivity contribution in [3.05, 3.63) is 96.9 Å². The molecule has 3 atom stereocenters. The van der Waals surface area contributed by atoms with Gasteiger partial charge >= 0.3 is 11.7 Å². The first-order chi connectivity index (χ1) is 19.6. The maximum atomic E-state index is 13.5. The molecule has 0 unspecified atom stereocenters. The molecule has 2 aromatic heterocycles. The highest BCUT2D eigenvalue weighted by atomic mass is 35.5. The summed E-state index contributed by atoms with van der Waals surface area (Å²) in [6, 6.07) is 11.8. The number of hydrogen-bond donors (Lipinski definition) is 2. The fourth-order valence-corrected chi connectivity index (χ4v) is 5.13. The molecule has 4 aromatic rings. The molecule has 12 heteroatoms. The number of aromatic amines is 1. The molecule has 1 fully saturated rings. The van der Waals surface area contributed by atoms with Crippen LogP contribution in [0.25, 0.3) is 10.9 Å². The molecule has 0 spiro atoms. The Labute approximate surface area is 238 Å². The molecular formula is C29H28ClN3O8. The van der Waals surface area contributed by atoms with Gasteiger partial charge in [-0.15, -0.1) is 0 Å². The number of benzene rings is 2. The van der Waals surface area contributed by atoms with Gasteiger partial charge in [0, 0.05) is 39.8 Å². The summed E-state index contributed by atoms with van der Waals surface area (Å²) in [4.78, 5) is 52.6. The highest BCUT2D eigenvalue weighted by Gasteiger charge is 2.36. The predicted molar refractivity (Wildman–Crippen MR) is 150 cm³/mol. The second-order valence-corrected chi connectivity index (χ2v) is 10.3. The molecule has 1 aliphatic rings. The maximum absolute atomic E-state index is 13.5. The van der Waals surface area contributed by atoms with Crippen molar-refractivity contribution in [2.24, 2.45) is 0 Å². The highest BCUT2D eigenvalue weighted by Crippen LogP contribution is 2.32. The van der Waals surface area contributed by atoms with E-state index in [0.29, 0.717) is 44.1 Å². The van der Waals surface area contributed by atoms with Crippen LogP contribution in [0.15, 0.2) is 58.3 Å². The molecule has 5 rings (SSSR count). The van der Waals surface area contributed by atoms with Crippen LogP contribution in [0.5, 0.6) is 5.75 Å². The summed E-state index contributed by atoms with van der Waals surface area (Å²) in [5.74, 6) is -0.315. The zero-order valence-electron chi connectivity index (χ0n) is 22.5. The number of rotatable bonds is 7. The number of fused-ring (bicyclic) bond motifs is 1. The van der Waals surface area contributed by atoms with E-state index in [1.807, 2.05) is 0 Å². The number of nitrogens with one attached hydrogen (secondary N) is 1. The minimum atomic E-state index is -1.00. The van der Waals surface area contributed by atoms with Crippen molar-refractivity contribution in [1.82, 2.24) is 14.1 Å². The smallest absolute Gasteiger partial charge is 0.330 e. The Morgan fingerprint density at radius 1 is 1.15 bits per heavy atom. The molecule has 3 heterocycles. The van der Waals surface area contributed by atoms with Gasteiger partial charge < -0.3 is 19.3 Å². The second kappa shape index (κ2) is 11.4. The Balaban J connectivity index is 1.35. The SMILES string of the molecule is COc1ccc2c(c1)c(CC(=O)OC[C@H]1O[C@@H](n3cc(C)c(=O)[nH]c3=O)C[C@@H]1O)c(C)n2C(=O)c1ccc(Cl)cc1. The van der Waals surface area contributed by atoms with E-state index < -0.39 is 35.7 Å². The van der Waals surface area contributed by atoms with Crippen LogP contribution >= 0.6 is 11.6 Å². The number of nitrogens with zero attached hydrogens (tertiary/aromatic N) is 2. The number of ether oxygens (including phenoxy) is 3. The fourth-order valence-electron chi connectivity index (χ4n) is 5.00. The number of carbonyl (C=O) groups is 2. The van der Waals surface area contributed by atoms with Crippen molar-refractivity contribution in [2.75, 3.05) is 13.7 Å². The molecule has 1 saturated heterocycles. The van der Waals surface area contributed by atoms with Crippen molar-refractivity contribution >= 4 is 34.4 Å². The molecule has 0 bridgehead atoms. The van der Waals surface area contributed by atoms with Gasteiger partial charge in [0.05, 0.1) is 25.2 Å². The van der Waals surface area contributed by atoms with Crippen molar-refractivity contribution in [1.29, 1.82) is 0 Å². The molecule has 2 aromatic carbocycles. The van der Waals surface area contributed by atoms with Gasteiger partial charge in [-0.05, 0) is 61.9 Å². The van der Waals surface area contributed by atoms with Crippen LogP contribution in [-0.4, -0.2) is 57.0 Å². The maximum Gasteiger partial charge on any atom is 0.330 e. The van der Waals surface area contributed by atoms with Crippen molar-refractivity contribution in [3.8, 4) is 5.75 Å². The summed E-state index contributed by atoms with van der Waals surface area (Å²) in [7, 11) is 1.53. The Kier molecular flexibility index (Phi) is 7.85. The molecule has 2 N–H and O–H groups in total. The van der Waals surface area contributed by atoms with Crippen molar-refractivity contribution < 1.29 is 28.9 Å². The summed E-state index contributed by atoms with van der Waals surface area (Å²) in [6.07, 6.45) is -1.42. The van der Waals surface area contributed by atoms with Crippen LogP contribution in [0, 0.1) is 13.8 Å². The number of hydrogen-bond acceptors (Lipinski definition) is 8. The van der Waals surface area contributed by atoms with E-state index in [9.17, 15) is 24.3 Å². The van der Waals surface area contributed by atoms with Gasteiger partial charge in [0.2, 0.25) is 0 Å². The second-order valence-electron chi connectivity index (χ2n) is 9.87. The zero-order chi connectivity index (χ0) is 29.4. The quantitative estimate of drug-likeness (QED) is 0.317. The van der Waals surface area contributed by atoms with E-state index in [1.54, 1.807) is 60.9 Å². The molecular weight excluding hydrogens is 554 g/mol. The number of esters is 1. The summed E-state index contributed by atoms with van der Waals surface area (Å²) in [6.45, 7) is 3.05. The number of methoxy groups -OCH3 is 1. The van der Waals surface area contributed by atoms with Crippen LogP contribution in [0.4, 0.5) is 0 Å². The average Bonchev–Trinajstić information content (AvgIpc) is 3.45. The van der Waals surface area contributed by atoms with Crippen LogP contribution < -0.4 is 16.0 Å². The first-order valence-corrected chi connectivity index (χ1v) is 13.2. The van der Waals surface area contributed by atoms with Gasteiger partial charge in [-0.25, -0.2) is 4.79 Å². The van der Waals surface area contributed by atoms with Gasteiger partial charge in [0.15, 0.2) is 0 Å².